The lowest BCUT2D eigenvalue weighted by atomic mass is 9.90. The number of hydrogen-bond acceptors (Lipinski definition) is 5. The average molecular weight is 482 g/mol. The normalized spacial score (nSPS) is 19.2. The zero-order valence-electron chi connectivity index (χ0n) is 20.3. The molecule has 2 rings (SSSR count). The van der Waals surface area contributed by atoms with E-state index in [2.05, 4.69) is 5.32 Å². The molecule has 1 fully saturated rings. The Bertz CT molecular complexity index is 848. The molecule has 0 radical (unpaired) electrons. The van der Waals surface area contributed by atoms with Crippen molar-refractivity contribution < 1.29 is 28.3 Å². The van der Waals surface area contributed by atoms with Crippen molar-refractivity contribution in [2.75, 3.05) is 6.54 Å². The number of nitrogens with one attached hydrogen (secondary N) is 1. The monoisotopic (exact) mass is 481 g/mol. The molecule has 7 nitrogen and oxygen atoms in total. The van der Waals surface area contributed by atoms with Gasteiger partial charge in [0.25, 0.3) is 0 Å². The number of carbonyl (C=O) groups excluding carboxylic acids is 3. The van der Waals surface area contributed by atoms with E-state index in [-0.39, 0.29) is 18.2 Å². The zero-order valence-corrected chi connectivity index (χ0v) is 20.3. The molecule has 0 spiro atoms. The number of likely N-dealkylation sites (tertiary alicyclic amines) is 1. The second-order valence-corrected chi connectivity index (χ2v) is 9.71. The fraction of sp³-hybridized carbons (Fsp3) is 0.640. The number of carbonyl (C=O) groups is 3. The van der Waals surface area contributed by atoms with E-state index < -0.39 is 54.2 Å². The highest BCUT2D eigenvalue weighted by Gasteiger charge is 2.51. The molecule has 9 heteroatoms. The van der Waals surface area contributed by atoms with Crippen molar-refractivity contribution in [2.24, 2.45) is 17.6 Å². The minimum atomic E-state index is -4.04. The number of nitrogens with zero attached hydrogens (tertiary/aromatic N) is 1. The number of rotatable bonds is 11. The van der Waals surface area contributed by atoms with Crippen LogP contribution in [-0.4, -0.2) is 64.3 Å². The molecular formula is C25H37F2N3O4. The first kappa shape index (κ1) is 27.9. The van der Waals surface area contributed by atoms with Crippen LogP contribution in [0.3, 0.4) is 0 Å². The Morgan fingerprint density at radius 1 is 1.15 bits per heavy atom. The summed E-state index contributed by atoms with van der Waals surface area (Å²) in [5.41, 5.74) is 6.70. The predicted molar refractivity (Wildman–Crippen MR) is 125 cm³/mol. The van der Waals surface area contributed by atoms with Crippen LogP contribution in [0.25, 0.3) is 0 Å². The summed E-state index contributed by atoms with van der Waals surface area (Å²) in [6.45, 7) is 7.10. The summed E-state index contributed by atoms with van der Waals surface area (Å²) in [7, 11) is 0. The van der Waals surface area contributed by atoms with Gasteiger partial charge in [-0.15, -0.1) is 0 Å². The number of benzene rings is 1. The van der Waals surface area contributed by atoms with Crippen LogP contribution >= 0.6 is 0 Å². The van der Waals surface area contributed by atoms with Gasteiger partial charge in [-0.3, -0.25) is 14.4 Å². The highest BCUT2D eigenvalue weighted by atomic mass is 19.3. The van der Waals surface area contributed by atoms with Crippen molar-refractivity contribution >= 4 is 17.6 Å². The van der Waals surface area contributed by atoms with Crippen LogP contribution in [0.15, 0.2) is 30.3 Å². The summed E-state index contributed by atoms with van der Waals surface area (Å²) in [5, 5.41) is 13.0. The number of aryl methyl sites for hydroxylation is 1. The Hall–Kier alpha value is -2.39. The van der Waals surface area contributed by atoms with Gasteiger partial charge < -0.3 is 21.1 Å². The Morgan fingerprint density at radius 2 is 1.76 bits per heavy atom. The summed E-state index contributed by atoms with van der Waals surface area (Å²) in [5.74, 6) is -7.13. The molecule has 4 atom stereocenters. The molecule has 1 saturated heterocycles. The lowest BCUT2D eigenvalue weighted by Crippen LogP contribution is -2.60. The Balaban J connectivity index is 2.09. The first-order valence-corrected chi connectivity index (χ1v) is 11.9. The number of halogens is 2. The van der Waals surface area contributed by atoms with Crippen LogP contribution in [0.1, 0.15) is 52.5 Å². The molecule has 2 unspecified atom stereocenters. The van der Waals surface area contributed by atoms with Crippen molar-refractivity contribution in [3.8, 4) is 0 Å². The maximum atomic E-state index is 14.9. The van der Waals surface area contributed by atoms with E-state index in [1.165, 1.54) is 4.90 Å². The Morgan fingerprint density at radius 3 is 2.32 bits per heavy atom. The molecule has 0 saturated carbocycles. The van der Waals surface area contributed by atoms with Crippen LogP contribution in [0, 0.1) is 11.8 Å². The van der Waals surface area contributed by atoms with Crippen LogP contribution in [0.5, 0.6) is 0 Å². The van der Waals surface area contributed by atoms with Gasteiger partial charge in [-0.25, -0.2) is 0 Å². The second kappa shape index (κ2) is 11.8. The second-order valence-electron chi connectivity index (χ2n) is 9.71. The van der Waals surface area contributed by atoms with Crippen molar-refractivity contribution in [2.45, 2.75) is 83.5 Å². The first-order chi connectivity index (χ1) is 15.9. The van der Waals surface area contributed by atoms with E-state index in [1.807, 2.05) is 0 Å². The summed E-state index contributed by atoms with van der Waals surface area (Å²) in [6, 6.07) is 5.76. The lowest BCUT2D eigenvalue weighted by molar-refractivity contribution is -0.167. The Labute approximate surface area is 200 Å². The topological polar surface area (TPSA) is 113 Å². The molecule has 0 bridgehead atoms. The number of ketones is 1. The van der Waals surface area contributed by atoms with Gasteiger partial charge in [0.1, 0.15) is 12.1 Å². The molecule has 190 valence electrons. The highest BCUT2D eigenvalue weighted by Crippen LogP contribution is 2.28. The molecule has 1 aromatic rings. The molecule has 1 aromatic carbocycles. The number of aliphatic hydroxyl groups excluding tert-OH is 1. The molecule has 4 N–H and O–H groups in total. The van der Waals surface area contributed by atoms with Gasteiger partial charge in [0.15, 0.2) is 0 Å². The largest absolute Gasteiger partial charge is 0.384 e. The van der Waals surface area contributed by atoms with Crippen LogP contribution in [0.2, 0.25) is 0 Å². The molecule has 1 aliphatic rings. The van der Waals surface area contributed by atoms with Crippen molar-refractivity contribution in [1.29, 1.82) is 0 Å². The van der Waals surface area contributed by atoms with Crippen molar-refractivity contribution in [3.05, 3.63) is 35.9 Å². The quantitative estimate of drug-likeness (QED) is 0.449. The number of Topliss-reactive ketones (excluding diaryl/α,β-unsaturated/α-hetero) is 1. The standard InChI is InChI=1S/C25H37F2N3O4/c1-15(2)20(28)24(34)30-14-8-11-18(30)23(33)29-21(16(3)4)22(32)25(26,27)19(31)13-12-17-9-6-5-7-10-17/h5-7,9-10,15-16,18,20-22,32H,8,11-14,28H2,1-4H3,(H,29,33)/t18?,20-,21-,22?/m0/s1. The number of aliphatic hydroxyl groups is 1. The summed E-state index contributed by atoms with van der Waals surface area (Å²) >= 11 is 0. The summed E-state index contributed by atoms with van der Waals surface area (Å²) in [4.78, 5) is 39.4. The summed E-state index contributed by atoms with van der Waals surface area (Å²) in [6.07, 6.45) is -1.77. The number of amides is 2. The van der Waals surface area contributed by atoms with Crippen LogP contribution in [0.4, 0.5) is 8.78 Å². The van der Waals surface area contributed by atoms with Gasteiger partial charge in [0, 0.05) is 13.0 Å². The van der Waals surface area contributed by atoms with E-state index >= 15 is 0 Å². The molecule has 0 aromatic heterocycles. The minimum absolute atomic E-state index is 0.121. The first-order valence-electron chi connectivity index (χ1n) is 11.9. The van der Waals surface area contributed by atoms with Crippen LogP contribution in [-0.2, 0) is 20.8 Å². The molecular weight excluding hydrogens is 444 g/mol. The minimum Gasteiger partial charge on any atom is -0.384 e. The maximum Gasteiger partial charge on any atom is 0.332 e. The highest BCUT2D eigenvalue weighted by molar-refractivity contribution is 5.91. The third kappa shape index (κ3) is 6.60. The zero-order chi connectivity index (χ0) is 25.6. The van der Waals surface area contributed by atoms with Gasteiger partial charge in [-0.2, -0.15) is 8.78 Å². The van der Waals surface area contributed by atoms with E-state index in [4.69, 9.17) is 5.73 Å². The Kier molecular flexibility index (Phi) is 9.70. The van der Waals surface area contributed by atoms with E-state index in [1.54, 1.807) is 58.0 Å². The van der Waals surface area contributed by atoms with Gasteiger partial charge in [-0.05, 0) is 36.7 Å². The van der Waals surface area contributed by atoms with Gasteiger partial charge in [-0.1, -0.05) is 58.0 Å². The van der Waals surface area contributed by atoms with Gasteiger partial charge >= 0.3 is 5.92 Å². The number of hydrogen-bond donors (Lipinski definition) is 3. The van der Waals surface area contributed by atoms with Crippen LogP contribution < -0.4 is 11.1 Å². The predicted octanol–water partition coefficient (Wildman–Crippen LogP) is 2.30. The smallest absolute Gasteiger partial charge is 0.332 e. The number of alkyl halides is 2. The fourth-order valence-electron chi connectivity index (χ4n) is 4.11. The van der Waals surface area contributed by atoms with E-state index in [9.17, 15) is 28.3 Å². The molecule has 1 heterocycles. The molecule has 34 heavy (non-hydrogen) atoms. The van der Waals surface area contributed by atoms with Crippen molar-refractivity contribution in [3.63, 3.8) is 0 Å². The average Bonchev–Trinajstić information content (AvgIpc) is 3.29. The SMILES string of the molecule is CC(C)[C@H](NC(=O)C1CCCN1C(=O)[C@@H](N)C(C)C)C(O)C(F)(F)C(=O)CCc1ccccc1. The number of nitrogens with two attached hydrogens (primary N) is 1. The van der Waals surface area contributed by atoms with E-state index in [0.29, 0.717) is 19.4 Å². The third-order valence-corrected chi connectivity index (χ3v) is 6.44. The van der Waals surface area contributed by atoms with E-state index in [0.717, 1.165) is 5.56 Å². The molecule has 2 amide bonds. The van der Waals surface area contributed by atoms with Gasteiger partial charge in [0.2, 0.25) is 17.6 Å². The van der Waals surface area contributed by atoms with Gasteiger partial charge in [0.05, 0.1) is 12.1 Å². The fourth-order valence-corrected chi connectivity index (χ4v) is 4.11. The lowest BCUT2D eigenvalue weighted by Gasteiger charge is -2.34. The molecule has 0 aliphatic carbocycles. The van der Waals surface area contributed by atoms with Crippen molar-refractivity contribution in [1.82, 2.24) is 10.2 Å². The maximum absolute atomic E-state index is 14.9. The summed E-state index contributed by atoms with van der Waals surface area (Å²) < 4.78 is 29.8. The molecule has 1 aliphatic heterocycles. The third-order valence-electron chi connectivity index (χ3n) is 6.44.